The fraction of sp³-hybridized carbons (Fsp3) is 0.438. The summed E-state index contributed by atoms with van der Waals surface area (Å²) < 4.78 is 1.82. The Labute approximate surface area is 128 Å². The quantitative estimate of drug-likeness (QED) is 0.698. The molecule has 2 aliphatic rings. The van der Waals surface area contributed by atoms with Gasteiger partial charge in [-0.3, -0.25) is 10.1 Å². The lowest BCUT2D eigenvalue weighted by atomic mass is 10.0. The fourth-order valence-electron chi connectivity index (χ4n) is 3.22. The highest BCUT2D eigenvalue weighted by Gasteiger charge is 2.33. The van der Waals surface area contributed by atoms with Crippen molar-refractivity contribution in [2.24, 2.45) is 0 Å². The van der Waals surface area contributed by atoms with Crippen LogP contribution in [0.3, 0.4) is 0 Å². The molecular formula is C16H18N4O2. The van der Waals surface area contributed by atoms with Gasteiger partial charge in [0.2, 0.25) is 0 Å². The second-order valence-electron chi connectivity index (χ2n) is 6.17. The largest absolute Gasteiger partial charge is 0.312 e. The smallest absolute Gasteiger partial charge is 0.295 e. The van der Waals surface area contributed by atoms with Crippen LogP contribution in [0.2, 0.25) is 0 Å². The Kier molecular flexibility index (Phi) is 3.00. The molecule has 4 rings (SSSR count). The van der Waals surface area contributed by atoms with E-state index >= 15 is 0 Å². The average Bonchev–Trinajstić information content (AvgIpc) is 3.28. The maximum atomic E-state index is 11.4. The average molecular weight is 298 g/mol. The third-order valence-corrected chi connectivity index (χ3v) is 4.48. The molecule has 1 aliphatic heterocycles. The fourth-order valence-corrected chi connectivity index (χ4v) is 3.22. The summed E-state index contributed by atoms with van der Waals surface area (Å²) in [4.78, 5) is 11.1. The topological polar surface area (TPSA) is 73.0 Å². The Balaban J connectivity index is 1.91. The molecule has 1 aliphatic carbocycles. The number of nitro benzene ring substituents is 1. The van der Waals surface area contributed by atoms with Crippen LogP contribution >= 0.6 is 0 Å². The summed E-state index contributed by atoms with van der Waals surface area (Å²) in [5, 5.41) is 19.6. The molecule has 114 valence electrons. The van der Waals surface area contributed by atoms with Crippen molar-refractivity contribution in [1.82, 2.24) is 15.1 Å². The van der Waals surface area contributed by atoms with Gasteiger partial charge in [0.15, 0.2) is 0 Å². The van der Waals surface area contributed by atoms with Gasteiger partial charge in [-0.15, -0.1) is 0 Å². The molecule has 1 aromatic carbocycles. The van der Waals surface area contributed by atoms with Gasteiger partial charge >= 0.3 is 0 Å². The van der Waals surface area contributed by atoms with Crippen LogP contribution in [-0.2, 0) is 13.0 Å². The molecule has 0 bridgehead atoms. The summed E-state index contributed by atoms with van der Waals surface area (Å²) in [6, 6.07) is 5.36. The van der Waals surface area contributed by atoms with E-state index < -0.39 is 0 Å². The Morgan fingerprint density at radius 2 is 2.23 bits per heavy atom. The number of nitro groups is 1. The Hall–Kier alpha value is -2.21. The van der Waals surface area contributed by atoms with E-state index in [1.807, 2.05) is 23.7 Å². The minimum Gasteiger partial charge on any atom is -0.312 e. The number of aryl methyl sites for hydroxylation is 1. The number of hydrogen-bond donors (Lipinski definition) is 1. The summed E-state index contributed by atoms with van der Waals surface area (Å²) >= 11 is 0. The van der Waals surface area contributed by atoms with Crippen molar-refractivity contribution in [3.05, 3.63) is 50.8 Å². The lowest BCUT2D eigenvalue weighted by Gasteiger charge is -2.15. The summed E-state index contributed by atoms with van der Waals surface area (Å²) in [5.74, 6) is 0.541. The van der Waals surface area contributed by atoms with Crippen LogP contribution in [0.4, 0.5) is 5.69 Å². The molecule has 0 radical (unpaired) electrons. The molecule has 0 unspecified atom stereocenters. The molecule has 1 aromatic heterocycles. The van der Waals surface area contributed by atoms with Crippen LogP contribution in [0.25, 0.3) is 5.69 Å². The van der Waals surface area contributed by atoms with Gasteiger partial charge in [0.1, 0.15) is 5.69 Å². The second-order valence-corrected chi connectivity index (χ2v) is 6.17. The molecule has 0 saturated heterocycles. The third-order valence-electron chi connectivity index (χ3n) is 4.48. The SMILES string of the molecule is Cc1ccc(-n2nc(C3CC3)c3c2CCNC3)c([N+](=O)[O-])c1. The molecule has 1 saturated carbocycles. The summed E-state index contributed by atoms with van der Waals surface area (Å²) in [7, 11) is 0. The summed E-state index contributed by atoms with van der Waals surface area (Å²) in [5.41, 5.74) is 5.13. The number of nitrogens with zero attached hydrogens (tertiary/aromatic N) is 3. The highest BCUT2D eigenvalue weighted by molar-refractivity contribution is 5.55. The monoisotopic (exact) mass is 298 g/mol. The van der Waals surface area contributed by atoms with Crippen molar-refractivity contribution < 1.29 is 4.92 Å². The first kappa shape index (κ1) is 13.5. The van der Waals surface area contributed by atoms with Crippen molar-refractivity contribution in [2.45, 2.75) is 38.6 Å². The second kappa shape index (κ2) is 4.91. The predicted molar refractivity (Wildman–Crippen MR) is 82.3 cm³/mol. The van der Waals surface area contributed by atoms with E-state index in [9.17, 15) is 10.1 Å². The van der Waals surface area contributed by atoms with E-state index in [0.717, 1.165) is 36.5 Å². The number of rotatable bonds is 3. The van der Waals surface area contributed by atoms with Gasteiger partial charge in [0, 0.05) is 37.1 Å². The zero-order valence-corrected chi connectivity index (χ0v) is 12.5. The standard InChI is InChI=1S/C16H18N4O2/c1-10-2-5-14(15(8-10)20(21)22)19-13-6-7-17-9-12(13)16(18-19)11-3-4-11/h2,5,8,11,17H,3-4,6-7,9H2,1H3. The molecule has 2 aromatic rings. The van der Waals surface area contributed by atoms with Crippen LogP contribution < -0.4 is 5.32 Å². The van der Waals surface area contributed by atoms with E-state index in [1.165, 1.54) is 18.4 Å². The number of nitrogens with one attached hydrogen (secondary N) is 1. The molecule has 0 atom stereocenters. The summed E-state index contributed by atoms with van der Waals surface area (Å²) in [6.07, 6.45) is 3.22. The first-order valence-electron chi connectivity index (χ1n) is 7.72. The van der Waals surface area contributed by atoms with Gasteiger partial charge in [0.05, 0.1) is 16.3 Å². The van der Waals surface area contributed by atoms with E-state index in [0.29, 0.717) is 11.6 Å². The maximum absolute atomic E-state index is 11.4. The number of benzene rings is 1. The zero-order chi connectivity index (χ0) is 15.3. The normalized spacial score (nSPS) is 17.3. The number of hydrogen-bond acceptors (Lipinski definition) is 4. The van der Waals surface area contributed by atoms with Gasteiger partial charge in [-0.2, -0.15) is 5.10 Å². The van der Waals surface area contributed by atoms with Gasteiger partial charge in [-0.1, -0.05) is 6.07 Å². The maximum Gasteiger partial charge on any atom is 0.295 e. The first-order valence-corrected chi connectivity index (χ1v) is 7.72. The van der Waals surface area contributed by atoms with Crippen LogP contribution in [-0.4, -0.2) is 21.2 Å². The third kappa shape index (κ3) is 2.11. The molecular weight excluding hydrogens is 280 g/mol. The van der Waals surface area contributed by atoms with Crippen molar-refractivity contribution in [2.75, 3.05) is 6.54 Å². The van der Waals surface area contributed by atoms with Crippen LogP contribution in [0.1, 0.15) is 41.3 Å². The van der Waals surface area contributed by atoms with Gasteiger partial charge in [-0.25, -0.2) is 4.68 Å². The molecule has 6 heteroatoms. The van der Waals surface area contributed by atoms with Crippen LogP contribution in [0.5, 0.6) is 0 Å². The zero-order valence-electron chi connectivity index (χ0n) is 12.5. The van der Waals surface area contributed by atoms with Crippen molar-refractivity contribution in [3.63, 3.8) is 0 Å². The Bertz CT molecular complexity index is 762. The van der Waals surface area contributed by atoms with E-state index in [2.05, 4.69) is 5.32 Å². The molecule has 6 nitrogen and oxygen atoms in total. The van der Waals surface area contributed by atoms with E-state index in [4.69, 9.17) is 5.10 Å². The minimum atomic E-state index is -0.311. The lowest BCUT2D eigenvalue weighted by Crippen LogP contribution is -2.25. The number of fused-ring (bicyclic) bond motifs is 1. The van der Waals surface area contributed by atoms with Gasteiger partial charge in [0.25, 0.3) is 5.69 Å². The number of aromatic nitrogens is 2. The minimum absolute atomic E-state index is 0.131. The van der Waals surface area contributed by atoms with Gasteiger partial charge in [-0.05, 0) is 31.4 Å². The summed E-state index contributed by atoms with van der Waals surface area (Å²) in [6.45, 7) is 3.58. The highest BCUT2D eigenvalue weighted by Crippen LogP contribution is 2.43. The van der Waals surface area contributed by atoms with Crippen LogP contribution in [0.15, 0.2) is 18.2 Å². The molecule has 0 amide bonds. The Morgan fingerprint density at radius 1 is 1.41 bits per heavy atom. The molecule has 1 N–H and O–H groups in total. The molecule has 22 heavy (non-hydrogen) atoms. The first-order chi connectivity index (χ1) is 10.6. The van der Waals surface area contributed by atoms with E-state index in [-0.39, 0.29) is 10.6 Å². The molecule has 1 fully saturated rings. The van der Waals surface area contributed by atoms with Gasteiger partial charge < -0.3 is 5.32 Å². The van der Waals surface area contributed by atoms with E-state index in [1.54, 1.807) is 6.07 Å². The van der Waals surface area contributed by atoms with Crippen molar-refractivity contribution >= 4 is 5.69 Å². The predicted octanol–water partition coefficient (Wildman–Crippen LogP) is 2.61. The van der Waals surface area contributed by atoms with Crippen molar-refractivity contribution in [3.8, 4) is 5.69 Å². The molecule has 2 heterocycles. The van der Waals surface area contributed by atoms with Crippen molar-refractivity contribution in [1.29, 1.82) is 0 Å². The lowest BCUT2D eigenvalue weighted by molar-refractivity contribution is -0.384. The molecule has 0 spiro atoms. The highest BCUT2D eigenvalue weighted by atomic mass is 16.6. The van der Waals surface area contributed by atoms with Crippen LogP contribution in [0, 0.1) is 17.0 Å². The Morgan fingerprint density at radius 3 is 2.95 bits per heavy atom.